The summed E-state index contributed by atoms with van der Waals surface area (Å²) in [5, 5.41) is 0.985. The maximum absolute atomic E-state index is 14.5. The quantitative estimate of drug-likeness (QED) is 0.630. The van der Waals surface area contributed by atoms with E-state index in [-0.39, 0.29) is 0 Å². The minimum absolute atomic E-state index is 0.296. The van der Waals surface area contributed by atoms with Crippen LogP contribution in [0, 0.1) is 11.8 Å². The molecule has 0 saturated carbocycles. The van der Waals surface area contributed by atoms with E-state index in [1.807, 2.05) is 65.6 Å². The summed E-state index contributed by atoms with van der Waals surface area (Å²) in [4.78, 5) is 1.98. The predicted octanol–water partition coefficient (Wildman–Crippen LogP) is 4.01. The SMILES string of the molecule is FC1(C#Cc2cc3ccccc3o2)CN(c2ccccc2)C1. The summed E-state index contributed by atoms with van der Waals surface area (Å²) in [6.45, 7) is 0.592. The highest BCUT2D eigenvalue weighted by atomic mass is 19.1. The first-order valence-electron chi connectivity index (χ1n) is 7.23. The molecule has 2 aromatic carbocycles. The highest BCUT2D eigenvalue weighted by Crippen LogP contribution is 2.30. The number of para-hydroxylation sites is 2. The van der Waals surface area contributed by atoms with Gasteiger partial charge in [-0.25, -0.2) is 4.39 Å². The van der Waals surface area contributed by atoms with Gasteiger partial charge in [0.05, 0.1) is 13.1 Å². The molecule has 0 aliphatic carbocycles. The van der Waals surface area contributed by atoms with Gasteiger partial charge in [-0.05, 0) is 24.1 Å². The van der Waals surface area contributed by atoms with Crippen LogP contribution < -0.4 is 4.90 Å². The second-order valence-corrected chi connectivity index (χ2v) is 5.56. The highest BCUT2D eigenvalue weighted by Gasteiger charge is 2.42. The van der Waals surface area contributed by atoms with Crippen LogP contribution >= 0.6 is 0 Å². The van der Waals surface area contributed by atoms with Gasteiger partial charge in [-0.1, -0.05) is 42.3 Å². The zero-order valence-electron chi connectivity index (χ0n) is 11.9. The summed E-state index contributed by atoms with van der Waals surface area (Å²) in [6, 6.07) is 19.3. The second-order valence-electron chi connectivity index (χ2n) is 5.56. The summed E-state index contributed by atoms with van der Waals surface area (Å²) >= 11 is 0. The topological polar surface area (TPSA) is 16.4 Å². The molecule has 2 heterocycles. The Balaban J connectivity index is 1.50. The number of fused-ring (bicyclic) bond motifs is 1. The largest absolute Gasteiger partial charge is 0.448 e. The van der Waals surface area contributed by atoms with Crippen molar-refractivity contribution in [2.75, 3.05) is 18.0 Å². The van der Waals surface area contributed by atoms with Gasteiger partial charge in [0.2, 0.25) is 5.67 Å². The van der Waals surface area contributed by atoms with E-state index in [4.69, 9.17) is 4.42 Å². The third-order valence-corrected chi connectivity index (χ3v) is 3.84. The van der Waals surface area contributed by atoms with Crippen LogP contribution in [0.1, 0.15) is 5.76 Å². The number of halogens is 1. The first-order valence-corrected chi connectivity index (χ1v) is 7.23. The van der Waals surface area contributed by atoms with Crippen molar-refractivity contribution in [1.82, 2.24) is 0 Å². The number of hydrogen-bond donors (Lipinski definition) is 0. The summed E-state index contributed by atoms with van der Waals surface area (Å²) in [6.07, 6.45) is 0. The van der Waals surface area contributed by atoms with Crippen molar-refractivity contribution in [3.05, 3.63) is 66.4 Å². The van der Waals surface area contributed by atoms with E-state index < -0.39 is 5.67 Å². The molecule has 108 valence electrons. The zero-order valence-corrected chi connectivity index (χ0v) is 11.9. The lowest BCUT2D eigenvalue weighted by Gasteiger charge is -2.42. The number of anilines is 1. The monoisotopic (exact) mass is 291 g/mol. The molecule has 3 aromatic rings. The molecule has 0 amide bonds. The smallest absolute Gasteiger partial charge is 0.205 e. The third kappa shape index (κ3) is 2.33. The van der Waals surface area contributed by atoms with Crippen molar-refractivity contribution in [3.8, 4) is 11.8 Å². The van der Waals surface area contributed by atoms with E-state index in [0.717, 1.165) is 16.7 Å². The molecule has 0 unspecified atom stereocenters. The van der Waals surface area contributed by atoms with E-state index in [9.17, 15) is 4.39 Å². The first-order chi connectivity index (χ1) is 10.7. The molecule has 0 N–H and O–H groups in total. The molecule has 1 aliphatic rings. The molecule has 22 heavy (non-hydrogen) atoms. The Morgan fingerprint density at radius 3 is 2.50 bits per heavy atom. The number of hydrogen-bond acceptors (Lipinski definition) is 2. The first kappa shape index (κ1) is 13.0. The molecule has 0 bridgehead atoms. The Morgan fingerprint density at radius 2 is 1.73 bits per heavy atom. The Hall–Kier alpha value is -2.73. The molecule has 1 aliphatic heterocycles. The summed E-state index contributed by atoms with van der Waals surface area (Å²) in [5.74, 6) is 6.06. The molecule has 4 rings (SSSR count). The molecule has 0 spiro atoms. The molecule has 3 heteroatoms. The van der Waals surface area contributed by atoms with Crippen molar-refractivity contribution < 1.29 is 8.81 Å². The fourth-order valence-electron chi connectivity index (χ4n) is 2.68. The van der Waals surface area contributed by atoms with Gasteiger partial charge in [0.15, 0.2) is 5.76 Å². The van der Waals surface area contributed by atoms with E-state index >= 15 is 0 Å². The van der Waals surface area contributed by atoms with Crippen LogP contribution in [0.2, 0.25) is 0 Å². The van der Waals surface area contributed by atoms with Gasteiger partial charge in [-0.3, -0.25) is 0 Å². The normalized spacial score (nSPS) is 16.0. The average Bonchev–Trinajstić information content (AvgIpc) is 2.94. The van der Waals surface area contributed by atoms with Crippen LogP contribution in [0.25, 0.3) is 11.0 Å². The number of nitrogens with zero attached hydrogens (tertiary/aromatic N) is 1. The Bertz CT molecular complexity index is 833. The minimum Gasteiger partial charge on any atom is -0.448 e. The van der Waals surface area contributed by atoms with Crippen molar-refractivity contribution >= 4 is 16.7 Å². The van der Waals surface area contributed by atoms with Crippen LogP contribution in [0.5, 0.6) is 0 Å². The van der Waals surface area contributed by atoms with Gasteiger partial charge < -0.3 is 9.32 Å². The Morgan fingerprint density at radius 1 is 1.00 bits per heavy atom. The molecule has 1 fully saturated rings. The maximum Gasteiger partial charge on any atom is 0.205 e. The van der Waals surface area contributed by atoms with E-state index in [1.54, 1.807) is 0 Å². The molecule has 1 saturated heterocycles. The van der Waals surface area contributed by atoms with Gasteiger partial charge >= 0.3 is 0 Å². The standard InChI is InChI=1S/C19H14FNO/c20-19(13-21(14-19)16-7-2-1-3-8-16)11-10-17-12-15-6-4-5-9-18(15)22-17/h1-9,12H,13-14H2. The lowest BCUT2D eigenvalue weighted by Crippen LogP contribution is -2.58. The van der Waals surface area contributed by atoms with Gasteiger partial charge in [0.25, 0.3) is 0 Å². The highest BCUT2D eigenvalue weighted by molar-refractivity contribution is 5.78. The molecular formula is C19H14FNO. The number of benzene rings is 2. The van der Waals surface area contributed by atoms with E-state index in [2.05, 4.69) is 11.8 Å². The van der Waals surface area contributed by atoms with Gasteiger partial charge in [-0.15, -0.1) is 0 Å². The molecule has 0 radical (unpaired) electrons. The van der Waals surface area contributed by atoms with E-state index in [0.29, 0.717) is 18.8 Å². The van der Waals surface area contributed by atoms with Crippen LogP contribution in [0.15, 0.2) is 65.1 Å². The Kier molecular flexibility index (Phi) is 2.90. The van der Waals surface area contributed by atoms with Gasteiger partial charge in [-0.2, -0.15) is 0 Å². The minimum atomic E-state index is -1.46. The van der Waals surface area contributed by atoms with Gasteiger partial charge in [0, 0.05) is 17.1 Å². The van der Waals surface area contributed by atoms with Crippen LogP contribution in [0.3, 0.4) is 0 Å². The number of alkyl halides is 1. The molecule has 1 aromatic heterocycles. The number of furan rings is 1. The lowest BCUT2D eigenvalue weighted by molar-refractivity contribution is 0.192. The van der Waals surface area contributed by atoms with Gasteiger partial charge in [0.1, 0.15) is 5.58 Å². The molecule has 0 atom stereocenters. The lowest BCUT2D eigenvalue weighted by atomic mass is 9.96. The maximum atomic E-state index is 14.5. The summed E-state index contributed by atoms with van der Waals surface area (Å²) in [7, 11) is 0. The summed E-state index contributed by atoms with van der Waals surface area (Å²) in [5.41, 5.74) is 0.343. The fraction of sp³-hybridized carbons (Fsp3) is 0.158. The van der Waals surface area contributed by atoms with Crippen molar-refractivity contribution in [2.45, 2.75) is 5.67 Å². The van der Waals surface area contributed by atoms with Crippen LogP contribution in [0.4, 0.5) is 10.1 Å². The fourth-order valence-corrected chi connectivity index (χ4v) is 2.68. The second kappa shape index (κ2) is 4.92. The number of rotatable bonds is 1. The van der Waals surface area contributed by atoms with Crippen molar-refractivity contribution in [2.24, 2.45) is 0 Å². The summed E-state index contributed by atoms with van der Waals surface area (Å²) < 4.78 is 20.1. The predicted molar refractivity (Wildman–Crippen MR) is 85.6 cm³/mol. The van der Waals surface area contributed by atoms with Crippen molar-refractivity contribution in [1.29, 1.82) is 0 Å². The van der Waals surface area contributed by atoms with Crippen LogP contribution in [-0.4, -0.2) is 18.8 Å². The average molecular weight is 291 g/mol. The zero-order chi connectivity index (χ0) is 15.0. The van der Waals surface area contributed by atoms with E-state index in [1.165, 1.54) is 0 Å². The molecule has 2 nitrogen and oxygen atoms in total. The third-order valence-electron chi connectivity index (χ3n) is 3.84. The van der Waals surface area contributed by atoms with Crippen LogP contribution in [-0.2, 0) is 0 Å². The Labute approximate surface area is 128 Å². The van der Waals surface area contributed by atoms with Crippen molar-refractivity contribution in [3.63, 3.8) is 0 Å². The molecular weight excluding hydrogens is 277 g/mol.